The van der Waals surface area contributed by atoms with Crippen LogP contribution in [0.25, 0.3) is 0 Å². The fourth-order valence-corrected chi connectivity index (χ4v) is 1.90. The summed E-state index contributed by atoms with van der Waals surface area (Å²) in [6.07, 6.45) is 1.26. The maximum absolute atomic E-state index is 11.8. The SMILES string of the molecule is CC(=O)Nc1cccc(NC(=O)COC(=O)c2ccc(Cl)nc2)c1. The van der Waals surface area contributed by atoms with Gasteiger partial charge in [-0.1, -0.05) is 17.7 Å². The molecule has 0 unspecified atom stereocenters. The van der Waals surface area contributed by atoms with E-state index in [-0.39, 0.29) is 16.6 Å². The number of anilines is 2. The summed E-state index contributed by atoms with van der Waals surface area (Å²) < 4.78 is 4.89. The first-order valence-electron chi connectivity index (χ1n) is 6.90. The maximum Gasteiger partial charge on any atom is 0.340 e. The molecule has 2 N–H and O–H groups in total. The van der Waals surface area contributed by atoms with E-state index in [4.69, 9.17) is 16.3 Å². The monoisotopic (exact) mass is 347 g/mol. The number of hydrogen-bond donors (Lipinski definition) is 2. The van der Waals surface area contributed by atoms with Crippen molar-refractivity contribution in [2.75, 3.05) is 17.2 Å². The fourth-order valence-electron chi connectivity index (χ4n) is 1.79. The van der Waals surface area contributed by atoms with Gasteiger partial charge in [0.1, 0.15) is 5.15 Å². The summed E-state index contributed by atoms with van der Waals surface area (Å²) in [6.45, 7) is 0.933. The van der Waals surface area contributed by atoms with Gasteiger partial charge in [-0.25, -0.2) is 9.78 Å². The number of carbonyl (C=O) groups is 3. The molecule has 0 fully saturated rings. The summed E-state index contributed by atoms with van der Waals surface area (Å²) >= 11 is 5.62. The summed E-state index contributed by atoms with van der Waals surface area (Å²) in [7, 11) is 0. The van der Waals surface area contributed by atoms with Crippen molar-refractivity contribution in [2.24, 2.45) is 0 Å². The highest BCUT2D eigenvalue weighted by Crippen LogP contribution is 2.15. The lowest BCUT2D eigenvalue weighted by Crippen LogP contribution is -2.21. The average Bonchev–Trinajstić information content (AvgIpc) is 2.53. The lowest BCUT2D eigenvalue weighted by Gasteiger charge is -2.08. The van der Waals surface area contributed by atoms with Crippen molar-refractivity contribution in [3.8, 4) is 0 Å². The Labute approximate surface area is 143 Å². The number of nitrogens with one attached hydrogen (secondary N) is 2. The molecule has 0 aliphatic carbocycles. The molecule has 0 spiro atoms. The molecular weight excluding hydrogens is 334 g/mol. The van der Waals surface area contributed by atoms with Crippen LogP contribution in [0.3, 0.4) is 0 Å². The number of pyridine rings is 1. The van der Waals surface area contributed by atoms with Crippen LogP contribution in [0.1, 0.15) is 17.3 Å². The van der Waals surface area contributed by atoms with E-state index < -0.39 is 18.5 Å². The van der Waals surface area contributed by atoms with Crippen molar-refractivity contribution in [3.63, 3.8) is 0 Å². The summed E-state index contributed by atoms with van der Waals surface area (Å²) in [5, 5.41) is 5.42. The molecule has 0 saturated heterocycles. The first kappa shape index (κ1) is 17.4. The molecule has 2 aromatic rings. The van der Waals surface area contributed by atoms with Gasteiger partial charge in [-0.2, -0.15) is 0 Å². The van der Waals surface area contributed by atoms with Gasteiger partial charge in [0.15, 0.2) is 6.61 Å². The van der Waals surface area contributed by atoms with Gasteiger partial charge in [-0.15, -0.1) is 0 Å². The topological polar surface area (TPSA) is 97.4 Å². The smallest absolute Gasteiger partial charge is 0.340 e. The Kier molecular flexibility index (Phi) is 5.86. The average molecular weight is 348 g/mol. The van der Waals surface area contributed by atoms with Gasteiger partial charge in [0.25, 0.3) is 5.91 Å². The van der Waals surface area contributed by atoms with Crippen molar-refractivity contribution in [1.29, 1.82) is 0 Å². The van der Waals surface area contributed by atoms with E-state index in [1.165, 1.54) is 25.3 Å². The molecule has 0 saturated carbocycles. The minimum absolute atomic E-state index is 0.194. The quantitative estimate of drug-likeness (QED) is 0.639. The van der Waals surface area contributed by atoms with Gasteiger partial charge in [-0.3, -0.25) is 9.59 Å². The zero-order chi connectivity index (χ0) is 17.5. The molecule has 0 aliphatic heterocycles. The number of carbonyl (C=O) groups excluding carboxylic acids is 3. The Balaban J connectivity index is 1.88. The second kappa shape index (κ2) is 8.07. The molecule has 0 radical (unpaired) electrons. The van der Waals surface area contributed by atoms with Gasteiger partial charge >= 0.3 is 5.97 Å². The molecule has 0 atom stereocenters. The molecule has 2 rings (SSSR count). The van der Waals surface area contributed by atoms with Gasteiger partial charge in [0.2, 0.25) is 5.91 Å². The zero-order valence-corrected chi connectivity index (χ0v) is 13.5. The van der Waals surface area contributed by atoms with E-state index in [1.54, 1.807) is 24.3 Å². The van der Waals surface area contributed by atoms with Crippen LogP contribution in [0, 0.1) is 0 Å². The van der Waals surface area contributed by atoms with Crippen LogP contribution in [0.5, 0.6) is 0 Å². The van der Waals surface area contributed by atoms with Crippen LogP contribution in [0.15, 0.2) is 42.6 Å². The number of ether oxygens (including phenoxy) is 1. The van der Waals surface area contributed by atoms with Crippen molar-refractivity contribution >= 4 is 40.8 Å². The Morgan fingerprint density at radius 3 is 2.46 bits per heavy atom. The number of benzene rings is 1. The second-order valence-corrected chi connectivity index (χ2v) is 5.14. The number of esters is 1. The number of hydrogen-bond acceptors (Lipinski definition) is 5. The van der Waals surface area contributed by atoms with E-state index in [9.17, 15) is 14.4 Å². The van der Waals surface area contributed by atoms with Crippen LogP contribution in [0.4, 0.5) is 11.4 Å². The number of aromatic nitrogens is 1. The lowest BCUT2D eigenvalue weighted by atomic mass is 10.2. The molecule has 1 heterocycles. The van der Waals surface area contributed by atoms with Crippen molar-refractivity contribution in [2.45, 2.75) is 6.92 Å². The third kappa shape index (κ3) is 5.36. The Bertz CT molecular complexity index is 762. The highest BCUT2D eigenvalue weighted by molar-refractivity contribution is 6.29. The summed E-state index contributed by atoms with van der Waals surface area (Å²) in [5.74, 6) is -1.41. The molecule has 24 heavy (non-hydrogen) atoms. The zero-order valence-electron chi connectivity index (χ0n) is 12.7. The molecule has 7 nitrogen and oxygen atoms in total. The van der Waals surface area contributed by atoms with Crippen LogP contribution in [-0.4, -0.2) is 29.4 Å². The molecular formula is C16H14ClN3O4. The highest BCUT2D eigenvalue weighted by atomic mass is 35.5. The second-order valence-electron chi connectivity index (χ2n) is 4.76. The largest absolute Gasteiger partial charge is 0.452 e. The van der Waals surface area contributed by atoms with Gasteiger partial charge in [0.05, 0.1) is 5.56 Å². The number of rotatable bonds is 5. The Hall–Kier alpha value is -2.93. The molecule has 0 aliphatic rings. The van der Waals surface area contributed by atoms with E-state index in [2.05, 4.69) is 15.6 Å². The molecule has 0 bridgehead atoms. The molecule has 124 valence electrons. The molecule has 8 heteroatoms. The predicted molar refractivity (Wildman–Crippen MR) is 88.9 cm³/mol. The highest BCUT2D eigenvalue weighted by Gasteiger charge is 2.11. The maximum atomic E-state index is 11.8. The Morgan fingerprint density at radius 1 is 1.12 bits per heavy atom. The lowest BCUT2D eigenvalue weighted by molar-refractivity contribution is -0.119. The van der Waals surface area contributed by atoms with E-state index in [0.29, 0.717) is 11.4 Å². The fraction of sp³-hybridized carbons (Fsp3) is 0.125. The number of nitrogens with zero attached hydrogens (tertiary/aromatic N) is 1. The molecule has 1 aromatic carbocycles. The summed E-state index contributed by atoms with van der Waals surface area (Å²) in [6, 6.07) is 9.49. The summed E-state index contributed by atoms with van der Waals surface area (Å²) in [5.41, 5.74) is 1.21. The van der Waals surface area contributed by atoms with Gasteiger partial charge in [-0.05, 0) is 30.3 Å². The minimum Gasteiger partial charge on any atom is -0.452 e. The van der Waals surface area contributed by atoms with Gasteiger partial charge < -0.3 is 15.4 Å². The van der Waals surface area contributed by atoms with E-state index in [1.807, 2.05) is 0 Å². The van der Waals surface area contributed by atoms with Crippen LogP contribution >= 0.6 is 11.6 Å². The normalized spacial score (nSPS) is 9.92. The van der Waals surface area contributed by atoms with E-state index >= 15 is 0 Å². The van der Waals surface area contributed by atoms with Crippen molar-refractivity contribution in [1.82, 2.24) is 4.98 Å². The summed E-state index contributed by atoms with van der Waals surface area (Å²) in [4.78, 5) is 38.3. The first-order valence-corrected chi connectivity index (χ1v) is 7.28. The first-order chi connectivity index (χ1) is 11.4. The van der Waals surface area contributed by atoms with Gasteiger partial charge in [0, 0.05) is 24.5 Å². The minimum atomic E-state index is -0.679. The van der Waals surface area contributed by atoms with Crippen LogP contribution < -0.4 is 10.6 Å². The standard InChI is InChI=1S/C16H14ClN3O4/c1-10(21)19-12-3-2-4-13(7-12)20-15(22)9-24-16(23)11-5-6-14(17)18-8-11/h2-8H,9H2,1H3,(H,19,21)(H,20,22). The third-order valence-corrected chi connectivity index (χ3v) is 2.99. The number of halogens is 1. The number of amides is 2. The van der Waals surface area contributed by atoms with Crippen molar-refractivity contribution < 1.29 is 19.1 Å². The predicted octanol–water partition coefficient (Wildman–Crippen LogP) is 2.49. The van der Waals surface area contributed by atoms with E-state index in [0.717, 1.165) is 0 Å². The van der Waals surface area contributed by atoms with Crippen molar-refractivity contribution in [3.05, 3.63) is 53.3 Å². The third-order valence-electron chi connectivity index (χ3n) is 2.76. The Morgan fingerprint density at radius 2 is 1.83 bits per heavy atom. The van der Waals surface area contributed by atoms with Crippen LogP contribution in [0.2, 0.25) is 5.15 Å². The molecule has 2 amide bonds. The molecule has 1 aromatic heterocycles. The van der Waals surface area contributed by atoms with Crippen LogP contribution in [-0.2, 0) is 14.3 Å².